The van der Waals surface area contributed by atoms with Gasteiger partial charge in [0, 0.05) is 32.2 Å². The van der Waals surface area contributed by atoms with Crippen molar-refractivity contribution in [2.24, 2.45) is 11.7 Å². The van der Waals surface area contributed by atoms with E-state index in [4.69, 9.17) is 10.5 Å². The van der Waals surface area contributed by atoms with E-state index in [9.17, 15) is 4.79 Å². The van der Waals surface area contributed by atoms with E-state index in [0.29, 0.717) is 5.91 Å². The maximum atomic E-state index is 12.5. The summed E-state index contributed by atoms with van der Waals surface area (Å²) in [5.41, 5.74) is 5.81. The standard InChI is InChI=1S/C14H26N2O2/c1-14(18-2)7-4-8-16(10-14)13(17)11-5-3-6-12(15)9-11/h11-12H,3-10,15H2,1-2H3. The fraction of sp³-hybridized carbons (Fsp3) is 0.929. The second-order valence-corrected chi connectivity index (χ2v) is 6.14. The van der Waals surface area contributed by atoms with Gasteiger partial charge in [-0.15, -0.1) is 0 Å². The Bertz CT molecular complexity index is 308. The van der Waals surface area contributed by atoms with Crippen molar-refractivity contribution in [3.8, 4) is 0 Å². The molecular weight excluding hydrogens is 228 g/mol. The normalized spacial score (nSPS) is 37.6. The van der Waals surface area contributed by atoms with Gasteiger partial charge in [-0.25, -0.2) is 0 Å². The van der Waals surface area contributed by atoms with Crippen LogP contribution in [0.5, 0.6) is 0 Å². The van der Waals surface area contributed by atoms with Crippen LogP contribution in [0.25, 0.3) is 0 Å². The molecule has 4 heteroatoms. The molecule has 104 valence electrons. The zero-order valence-electron chi connectivity index (χ0n) is 11.7. The molecule has 2 aliphatic rings. The predicted octanol–water partition coefficient (Wildman–Crippen LogP) is 1.53. The molecule has 2 rings (SSSR count). The highest BCUT2D eigenvalue weighted by Crippen LogP contribution is 2.29. The summed E-state index contributed by atoms with van der Waals surface area (Å²) >= 11 is 0. The fourth-order valence-corrected chi connectivity index (χ4v) is 3.27. The number of rotatable bonds is 2. The Balaban J connectivity index is 1.96. The summed E-state index contributed by atoms with van der Waals surface area (Å²) in [6, 6.07) is 0.214. The van der Waals surface area contributed by atoms with Gasteiger partial charge in [-0.1, -0.05) is 6.42 Å². The van der Waals surface area contributed by atoms with E-state index in [1.807, 2.05) is 4.90 Å². The quantitative estimate of drug-likeness (QED) is 0.813. The Hall–Kier alpha value is -0.610. The third kappa shape index (κ3) is 3.04. The van der Waals surface area contributed by atoms with Crippen LogP contribution in [-0.4, -0.2) is 42.6 Å². The fourth-order valence-electron chi connectivity index (χ4n) is 3.27. The van der Waals surface area contributed by atoms with Gasteiger partial charge in [-0.3, -0.25) is 4.79 Å². The highest BCUT2D eigenvalue weighted by Gasteiger charge is 2.36. The molecule has 1 amide bonds. The zero-order valence-corrected chi connectivity index (χ0v) is 11.7. The predicted molar refractivity (Wildman–Crippen MR) is 71.2 cm³/mol. The van der Waals surface area contributed by atoms with E-state index in [0.717, 1.165) is 51.6 Å². The summed E-state index contributed by atoms with van der Waals surface area (Å²) in [4.78, 5) is 14.5. The van der Waals surface area contributed by atoms with Crippen LogP contribution < -0.4 is 5.73 Å². The molecule has 0 bridgehead atoms. The van der Waals surface area contributed by atoms with E-state index in [1.165, 1.54) is 0 Å². The highest BCUT2D eigenvalue weighted by molar-refractivity contribution is 5.79. The molecule has 2 N–H and O–H groups in total. The second-order valence-electron chi connectivity index (χ2n) is 6.14. The first-order chi connectivity index (χ1) is 8.54. The molecule has 1 aliphatic heterocycles. The molecule has 0 aromatic rings. The minimum Gasteiger partial charge on any atom is -0.377 e. The minimum absolute atomic E-state index is 0.146. The van der Waals surface area contributed by atoms with Crippen molar-refractivity contribution < 1.29 is 9.53 Å². The number of ether oxygens (including phenoxy) is 1. The summed E-state index contributed by atoms with van der Waals surface area (Å²) in [7, 11) is 1.74. The number of nitrogens with two attached hydrogens (primary N) is 1. The molecule has 0 spiro atoms. The molecule has 0 radical (unpaired) electrons. The Morgan fingerprint density at radius 1 is 1.39 bits per heavy atom. The number of carbonyl (C=O) groups is 1. The van der Waals surface area contributed by atoms with Gasteiger partial charge in [0.25, 0.3) is 0 Å². The molecule has 1 aliphatic carbocycles. The molecule has 0 aromatic heterocycles. The average Bonchev–Trinajstić information content (AvgIpc) is 2.38. The van der Waals surface area contributed by atoms with Gasteiger partial charge in [0.2, 0.25) is 5.91 Å². The molecular formula is C14H26N2O2. The van der Waals surface area contributed by atoms with Crippen LogP contribution in [0.1, 0.15) is 45.4 Å². The Morgan fingerprint density at radius 3 is 2.83 bits per heavy atom. The summed E-state index contributed by atoms with van der Waals surface area (Å²) in [5.74, 6) is 0.445. The van der Waals surface area contributed by atoms with Crippen molar-refractivity contribution in [3.63, 3.8) is 0 Å². The maximum absolute atomic E-state index is 12.5. The SMILES string of the molecule is COC1(C)CCCN(C(=O)C2CCCC(N)C2)C1. The lowest BCUT2D eigenvalue weighted by Gasteiger charge is -2.41. The van der Waals surface area contributed by atoms with Gasteiger partial charge >= 0.3 is 0 Å². The average molecular weight is 254 g/mol. The third-order valence-corrected chi connectivity index (χ3v) is 4.53. The maximum Gasteiger partial charge on any atom is 0.225 e. The van der Waals surface area contributed by atoms with Crippen molar-refractivity contribution in [1.82, 2.24) is 4.90 Å². The number of likely N-dealkylation sites (tertiary alicyclic amines) is 1. The Morgan fingerprint density at radius 2 is 2.17 bits per heavy atom. The van der Waals surface area contributed by atoms with Gasteiger partial charge < -0.3 is 15.4 Å². The Kier molecular flexibility index (Phi) is 4.28. The summed E-state index contributed by atoms with van der Waals surface area (Å²) in [6.45, 7) is 3.70. The number of carbonyl (C=O) groups excluding carboxylic acids is 1. The van der Waals surface area contributed by atoms with E-state index >= 15 is 0 Å². The van der Waals surface area contributed by atoms with Crippen molar-refractivity contribution in [2.45, 2.75) is 57.1 Å². The molecule has 4 nitrogen and oxygen atoms in total. The van der Waals surface area contributed by atoms with E-state index in [1.54, 1.807) is 7.11 Å². The van der Waals surface area contributed by atoms with E-state index in [2.05, 4.69) is 6.92 Å². The molecule has 1 saturated heterocycles. The topological polar surface area (TPSA) is 55.6 Å². The van der Waals surface area contributed by atoms with E-state index in [-0.39, 0.29) is 17.6 Å². The molecule has 0 aromatic carbocycles. The number of amides is 1. The summed E-state index contributed by atoms with van der Waals surface area (Å²) in [6.07, 6.45) is 6.10. The van der Waals surface area contributed by atoms with Gasteiger partial charge in [-0.2, -0.15) is 0 Å². The van der Waals surface area contributed by atoms with E-state index < -0.39 is 0 Å². The number of hydrogen-bond acceptors (Lipinski definition) is 3. The van der Waals surface area contributed by atoms with Gasteiger partial charge in [-0.05, 0) is 39.0 Å². The zero-order chi connectivity index (χ0) is 13.2. The Labute approximate surface area is 110 Å². The first-order valence-corrected chi connectivity index (χ1v) is 7.13. The van der Waals surface area contributed by atoms with Crippen LogP contribution >= 0.6 is 0 Å². The first kappa shape index (κ1) is 13.8. The van der Waals surface area contributed by atoms with Crippen LogP contribution in [0.4, 0.5) is 0 Å². The number of hydrogen-bond donors (Lipinski definition) is 1. The first-order valence-electron chi connectivity index (χ1n) is 7.13. The largest absolute Gasteiger partial charge is 0.377 e. The third-order valence-electron chi connectivity index (χ3n) is 4.53. The second kappa shape index (κ2) is 5.57. The van der Waals surface area contributed by atoms with Crippen molar-refractivity contribution in [1.29, 1.82) is 0 Å². The molecule has 3 atom stereocenters. The van der Waals surface area contributed by atoms with Gasteiger partial charge in [0.15, 0.2) is 0 Å². The van der Waals surface area contributed by atoms with Crippen molar-refractivity contribution in [3.05, 3.63) is 0 Å². The lowest BCUT2D eigenvalue weighted by molar-refractivity contribution is -0.144. The lowest BCUT2D eigenvalue weighted by Crippen LogP contribution is -2.52. The molecule has 1 saturated carbocycles. The summed E-state index contributed by atoms with van der Waals surface area (Å²) < 4.78 is 5.55. The number of piperidine rings is 1. The van der Waals surface area contributed by atoms with Gasteiger partial charge in [0.1, 0.15) is 0 Å². The van der Waals surface area contributed by atoms with Crippen molar-refractivity contribution in [2.75, 3.05) is 20.2 Å². The summed E-state index contributed by atoms with van der Waals surface area (Å²) in [5, 5.41) is 0. The molecule has 2 fully saturated rings. The number of methoxy groups -OCH3 is 1. The van der Waals surface area contributed by atoms with Gasteiger partial charge in [0.05, 0.1) is 5.60 Å². The van der Waals surface area contributed by atoms with Crippen LogP contribution in [0.3, 0.4) is 0 Å². The smallest absolute Gasteiger partial charge is 0.225 e. The van der Waals surface area contributed by atoms with Crippen molar-refractivity contribution >= 4 is 5.91 Å². The van der Waals surface area contributed by atoms with Crippen LogP contribution in [0.2, 0.25) is 0 Å². The molecule has 3 unspecified atom stereocenters. The number of nitrogens with zero attached hydrogens (tertiary/aromatic N) is 1. The molecule has 1 heterocycles. The minimum atomic E-state index is -0.162. The monoisotopic (exact) mass is 254 g/mol. The van der Waals surface area contributed by atoms with Crippen LogP contribution in [0, 0.1) is 5.92 Å². The van der Waals surface area contributed by atoms with Crippen LogP contribution in [-0.2, 0) is 9.53 Å². The molecule has 18 heavy (non-hydrogen) atoms. The van der Waals surface area contributed by atoms with Crippen LogP contribution in [0.15, 0.2) is 0 Å². The lowest BCUT2D eigenvalue weighted by atomic mass is 9.84. The highest BCUT2D eigenvalue weighted by atomic mass is 16.5.